The Morgan fingerprint density at radius 2 is 1.84 bits per heavy atom. The Hall–Kier alpha value is -3.18. The van der Waals surface area contributed by atoms with Gasteiger partial charge in [0.1, 0.15) is 5.82 Å². The molecule has 0 bridgehead atoms. The van der Waals surface area contributed by atoms with Crippen molar-refractivity contribution in [1.29, 1.82) is 0 Å². The zero-order valence-electron chi connectivity index (χ0n) is 18.8. The lowest BCUT2D eigenvalue weighted by molar-refractivity contribution is 0.0951. The van der Waals surface area contributed by atoms with Crippen LogP contribution in [0.25, 0.3) is 11.3 Å². The lowest BCUT2D eigenvalue weighted by atomic mass is 10.0. The van der Waals surface area contributed by atoms with E-state index in [2.05, 4.69) is 48.3 Å². The molecule has 2 N–H and O–H groups in total. The fourth-order valence-electron chi connectivity index (χ4n) is 4.15. The SMILES string of the molecule is Cc1cccc(-c2ccc(C(=O)NCC(C)c3ccccc3)c(N3CCC(O)CC3)n2)c1. The molecule has 2 heterocycles. The first-order chi connectivity index (χ1) is 15.5. The van der Waals surface area contributed by atoms with Crippen molar-refractivity contribution in [2.75, 3.05) is 24.5 Å². The number of nitrogens with zero attached hydrogens (tertiary/aromatic N) is 2. The number of piperidine rings is 1. The molecule has 0 radical (unpaired) electrons. The number of aliphatic hydroxyl groups is 1. The number of rotatable bonds is 6. The molecule has 2 aromatic carbocycles. The molecule has 1 atom stereocenters. The van der Waals surface area contributed by atoms with E-state index in [-0.39, 0.29) is 17.9 Å². The maximum absolute atomic E-state index is 13.2. The van der Waals surface area contributed by atoms with E-state index in [1.165, 1.54) is 11.1 Å². The van der Waals surface area contributed by atoms with Crippen LogP contribution >= 0.6 is 0 Å². The van der Waals surface area contributed by atoms with Crippen LogP contribution in [0.3, 0.4) is 0 Å². The minimum atomic E-state index is -0.282. The molecule has 1 amide bonds. The van der Waals surface area contributed by atoms with Gasteiger partial charge in [-0.05, 0) is 49.4 Å². The Balaban J connectivity index is 1.59. The Bertz CT molecular complexity index is 1060. The largest absolute Gasteiger partial charge is 0.393 e. The fraction of sp³-hybridized carbons (Fsp3) is 0.333. The Labute approximate surface area is 190 Å². The molecule has 1 aliphatic heterocycles. The predicted molar refractivity (Wildman–Crippen MR) is 129 cm³/mol. The number of hydrogen-bond donors (Lipinski definition) is 2. The maximum atomic E-state index is 13.2. The number of pyridine rings is 1. The molecule has 4 rings (SSSR count). The van der Waals surface area contributed by atoms with Crippen molar-refractivity contribution in [3.8, 4) is 11.3 Å². The van der Waals surface area contributed by atoms with Crippen LogP contribution < -0.4 is 10.2 Å². The van der Waals surface area contributed by atoms with Crippen LogP contribution in [0.4, 0.5) is 5.82 Å². The first-order valence-electron chi connectivity index (χ1n) is 11.4. The molecule has 1 aliphatic rings. The summed E-state index contributed by atoms with van der Waals surface area (Å²) in [4.78, 5) is 20.2. The minimum Gasteiger partial charge on any atom is -0.393 e. The van der Waals surface area contributed by atoms with Crippen molar-refractivity contribution in [3.05, 3.63) is 83.4 Å². The number of carbonyl (C=O) groups excluding carboxylic acids is 1. The summed E-state index contributed by atoms with van der Waals surface area (Å²) in [5, 5.41) is 13.0. The lowest BCUT2D eigenvalue weighted by Gasteiger charge is -2.32. The number of anilines is 1. The zero-order chi connectivity index (χ0) is 22.5. The molecule has 3 aromatic rings. The van der Waals surface area contributed by atoms with Crippen LogP contribution in [-0.2, 0) is 0 Å². The summed E-state index contributed by atoms with van der Waals surface area (Å²) in [6, 6.07) is 22.2. The first kappa shape index (κ1) is 22.0. The third kappa shape index (κ3) is 5.17. The van der Waals surface area contributed by atoms with E-state index in [1.54, 1.807) is 0 Å². The van der Waals surface area contributed by atoms with Gasteiger partial charge >= 0.3 is 0 Å². The number of aryl methyl sites for hydroxylation is 1. The van der Waals surface area contributed by atoms with Gasteiger partial charge in [0.25, 0.3) is 5.91 Å². The Kier molecular flexibility index (Phi) is 6.86. The second-order valence-corrected chi connectivity index (χ2v) is 8.68. The zero-order valence-corrected chi connectivity index (χ0v) is 18.8. The summed E-state index contributed by atoms with van der Waals surface area (Å²) < 4.78 is 0. The van der Waals surface area contributed by atoms with E-state index in [0.717, 1.165) is 11.3 Å². The highest BCUT2D eigenvalue weighted by molar-refractivity contribution is 5.99. The summed E-state index contributed by atoms with van der Waals surface area (Å²) in [7, 11) is 0. The molecule has 0 aliphatic carbocycles. The normalized spacial score (nSPS) is 15.4. The molecule has 5 heteroatoms. The van der Waals surface area contributed by atoms with Gasteiger partial charge in [0, 0.05) is 25.2 Å². The monoisotopic (exact) mass is 429 g/mol. The second kappa shape index (κ2) is 9.96. The standard InChI is InChI=1S/C27H31N3O2/c1-19-7-6-10-22(17-19)25-12-11-24(26(29-25)30-15-13-23(31)14-16-30)27(32)28-18-20(2)21-8-4-3-5-9-21/h3-12,17,20,23,31H,13-16,18H2,1-2H3,(H,28,32). The van der Waals surface area contributed by atoms with Crippen molar-refractivity contribution in [3.63, 3.8) is 0 Å². The first-order valence-corrected chi connectivity index (χ1v) is 11.4. The van der Waals surface area contributed by atoms with Gasteiger partial charge in [-0.15, -0.1) is 0 Å². The van der Waals surface area contributed by atoms with Crippen LogP contribution in [0.5, 0.6) is 0 Å². The smallest absolute Gasteiger partial charge is 0.255 e. The number of aromatic nitrogens is 1. The second-order valence-electron chi connectivity index (χ2n) is 8.68. The van der Waals surface area contributed by atoms with Crippen molar-refractivity contribution in [1.82, 2.24) is 10.3 Å². The van der Waals surface area contributed by atoms with E-state index < -0.39 is 0 Å². The van der Waals surface area contributed by atoms with E-state index in [4.69, 9.17) is 4.98 Å². The molecule has 0 saturated carbocycles. The summed E-state index contributed by atoms with van der Waals surface area (Å²) in [6.07, 6.45) is 1.08. The highest BCUT2D eigenvalue weighted by atomic mass is 16.3. The van der Waals surface area contributed by atoms with Gasteiger partial charge in [-0.3, -0.25) is 4.79 Å². The van der Waals surface area contributed by atoms with Crippen LogP contribution in [0.15, 0.2) is 66.7 Å². The van der Waals surface area contributed by atoms with Gasteiger partial charge in [0.2, 0.25) is 0 Å². The molecule has 166 valence electrons. The van der Waals surface area contributed by atoms with Gasteiger partial charge in [0.05, 0.1) is 17.4 Å². The van der Waals surface area contributed by atoms with Gasteiger partial charge in [0.15, 0.2) is 0 Å². The molecular weight excluding hydrogens is 398 g/mol. The summed E-state index contributed by atoms with van der Waals surface area (Å²) >= 11 is 0. The topological polar surface area (TPSA) is 65.5 Å². The van der Waals surface area contributed by atoms with Crippen molar-refractivity contribution < 1.29 is 9.90 Å². The maximum Gasteiger partial charge on any atom is 0.255 e. The molecule has 32 heavy (non-hydrogen) atoms. The fourth-order valence-corrected chi connectivity index (χ4v) is 4.15. The average molecular weight is 430 g/mol. The van der Waals surface area contributed by atoms with Crippen LogP contribution in [0, 0.1) is 6.92 Å². The predicted octanol–water partition coefficient (Wildman–Crippen LogP) is 4.55. The quantitative estimate of drug-likeness (QED) is 0.603. The average Bonchev–Trinajstić information content (AvgIpc) is 2.83. The molecule has 1 unspecified atom stereocenters. The van der Waals surface area contributed by atoms with Crippen molar-refractivity contribution >= 4 is 11.7 Å². The number of benzene rings is 2. The number of aliphatic hydroxyl groups excluding tert-OH is 1. The third-order valence-corrected chi connectivity index (χ3v) is 6.14. The van der Waals surface area contributed by atoms with Crippen molar-refractivity contribution in [2.45, 2.75) is 38.7 Å². The van der Waals surface area contributed by atoms with Gasteiger partial charge in [-0.1, -0.05) is 61.0 Å². The van der Waals surface area contributed by atoms with E-state index >= 15 is 0 Å². The Morgan fingerprint density at radius 1 is 1.09 bits per heavy atom. The number of nitrogens with one attached hydrogen (secondary N) is 1. The third-order valence-electron chi connectivity index (χ3n) is 6.14. The summed E-state index contributed by atoms with van der Waals surface area (Å²) in [5.41, 5.74) is 4.84. The molecular formula is C27H31N3O2. The molecule has 0 spiro atoms. The van der Waals surface area contributed by atoms with Gasteiger partial charge < -0.3 is 15.3 Å². The lowest BCUT2D eigenvalue weighted by Crippen LogP contribution is -2.38. The number of amides is 1. The van der Waals surface area contributed by atoms with E-state index in [0.29, 0.717) is 43.9 Å². The van der Waals surface area contributed by atoms with Crippen LogP contribution in [0.2, 0.25) is 0 Å². The van der Waals surface area contributed by atoms with E-state index in [9.17, 15) is 9.90 Å². The van der Waals surface area contributed by atoms with Crippen molar-refractivity contribution in [2.24, 2.45) is 0 Å². The van der Waals surface area contributed by atoms with Crippen LogP contribution in [-0.4, -0.2) is 41.7 Å². The summed E-state index contributed by atoms with van der Waals surface area (Å²) in [5.74, 6) is 0.797. The summed E-state index contributed by atoms with van der Waals surface area (Å²) in [6.45, 7) is 6.10. The van der Waals surface area contributed by atoms with E-state index in [1.807, 2.05) is 42.5 Å². The highest BCUT2D eigenvalue weighted by Gasteiger charge is 2.24. The molecule has 5 nitrogen and oxygen atoms in total. The van der Waals surface area contributed by atoms with Gasteiger partial charge in [-0.2, -0.15) is 0 Å². The van der Waals surface area contributed by atoms with Crippen LogP contribution in [0.1, 0.15) is 47.2 Å². The molecule has 1 fully saturated rings. The highest BCUT2D eigenvalue weighted by Crippen LogP contribution is 2.27. The molecule has 1 saturated heterocycles. The minimum absolute atomic E-state index is 0.114. The molecule has 1 aromatic heterocycles. The Morgan fingerprint density at radius 3 is 2.56 bits per heavy atom. The number of hydrogen-bond acceptors (Lipinski definition) is 4. The van der Waals surface area contributed by atoms with Gasteiger partial charge in [-0.25, -0.2) is 4.98 Å². The number of carbonyl (C=O) groups is 1.